The third kappa shape index (κ3) is 3.00. The Hall–Kier alpha value is -2.96. The van der Waals surface area contributed by atoms with Crippen molar-refractivity contribution in [3.63, 3.8) is 0 Å². The molecule has 6 nitrogen and oxygen atoms in total. The Morgan fingerprint density at radius 2 is 2.27 bits per heavy atom. The van der Waals surface area contributed by atoms with Crippen LogP contribution in [-0.4, -0.2) is 20.9 Å². The zero-order valence-corrected chi connectivity index (χ0v) is 14.2. The molecule has 1 aliphatic rings. The number of rotatable bonds is 6. The van der Waals surface area contributed by atoms with E-state index in [0.717, 1.165) is 18.5 Å². The first kappa shape index (κ1) is 16.5. The Labute approximate surface area is 149 Å². The third-order valence-corrected chi connectivity index (χ3v) is 5.05. The van der Waals surface area contributed by atoms with Crippen molar-refractivity contribution in [3.8, 4) is 0 Å². The highest BCUT2D eigenvalue weighted by Gasteiger charge is 2.22. The van der Waals surface area contributed by atoms with E-state index in [2.05, 4.69) is 15.3 Å². The molecule has 0 aromatic carbocycles. The number of amides is 1. The molecular weight excluding hydrogens is 335 g/mol. The van der Waals surface area contributed by atoms with Crippen molar-refractivity contribution in [1.29, 1.82) is 0 Å². The largest absolute Gasteiger partial charge is 0.355 e. The second-order valence-corrected chi connectivity index (χ2v) is 6.76. The number of hydrogen-bond donors (Lipinski definition) is 2. The van der Waals surface area contributed by atoms with Gasteiger partial charge < -0.3 is 14.9 Å². The zero-order chi connectivity index (χ0) is 18.1. The van der Waals surface area contributed by atoms with Crippen molar-refractivity contribution in [2.24, 2.45) is 5.92 Å². The molecule has 4 rings (SSSR count). The first-order chi connectivity index (χ1) is 12.7. The fourth-order valence-electron chi connectivity index (χ4n) is 3.44. The summed E-state index contributed by atoms with van der Waals surface area (Å²) in [7, 11) is 0. The molecule has 2 N–H and O–H groups in total. The summed E-state index contributed by atoms with van der Waals surface area (Å²) in [4.78, 5) is 30.3. The minimum atomic E-state index is -0.299. The fraction of sp³-hybridized carbons (Fsp3) is 0.316. The van der Waals surface area contributed by atoms with Gasteiger partial charge in [0.25, 0.3) is 5.56 Å². The van der Waals surface area contributed by atoms with Crippen LogP contribution in [0.1, 0.15) is 30.5 Å². The standard InChI is InChI=1S/C19H19FN4O2/c20-15-9-21-17-8-13(23-18(17)14(15)7-12-3-1-4-12)10-24-6-2-5-16(19(24)26)22-11-25/h2,5-6,8-9,11-12,23H,1,3-4,7,10H2,(H,22,25). The topological polar surface area (TPSA) is 79.8 Å². The van der Waals surface area contributed by atoms with E-state index in [1.54, 1.807) is 18.3 Å². The van der Waals surface area contributed by atoms with Crippen molar-refractivity contribution in [1.82, 2.24) is 14.5 Å². The molecule has 1 fully saturated rings. The minimum Gasteiger partial charge on any atom is -0.355 e. The lowest BCUT2D eigenvalue weighted by molar-refractivity contribution is -0.105. The van der Waals surface area contributed by atoms with Crippen LogP contribution in [0.2, 0.25) is 0 Å². The van der Waals surface area contributed by atoms with Gasteiger partial charge in [-0.05, 0) is 30.5 Å². The first-order valence-electron chi connectivity index (χ1n) is 8.70. The van der Waals surface area contributed by atoms with E-state index in [1.807, 2.05) is 6.07 Å². The van der Waals surface area contributed by atoms with Crippen LogP contribution >= 0.6 is 0 Å². The van der Waals surface area contributed by atoms with Crippen LogP contribution in [0.3, 0.4) is 0 Å². The van der Waals surface area contributed by atoms with Crippen molar-refractivity contribution in [2.45, 2.75) is 32.2 Å². The molecule has 3 heterocycles. The Kier molecular flexibility index (Phi) is 4.28. The molecule has 0 bridgehead atoms. The first-order valence-corrected chi connectivity index (χ1v) is 8.70. The number of aromatic nitrogens is 3. The molecule has 3 aromatic rings. The second-order valence-electron chi connectivity index (χ2n) is 6.76. The number of fused-ring (bicyclic) bond motifs is 1. The monoisotopic (exact) mass is 354 g/mol. The van der Waals surface area contributed by atoms with Crippen molar-refractivity contribution >= 4 is 23.1 Å². The molecule has 0 radical (unpaired) electrons. The molecule has 1 amide bonds. The van der Waals surface area contributed by atoms with Crippen LogP contribution in [0, 0.1) is 11.7 Å². The Morgan fingerprint density at radius 1 is 1.42 bits per heavy atom. The van der Waals surface area contributed by atoms with Crippen molar-refractivity contribution < 1.29 is 9.18 Å². The van der Waals surface area contributed by atoms with Crippen LogP contribution in [0.25, 0.3) is 11.0 Å². The summed E-state index contributed by atoms with van der Waals surface area (Å²) in [6, 6.07) is 5.08. The Bertz CT molecular complexity index is 1020. The van der Waals surface area contributed by atoms with Crippen LogP contribution in [0.15, 0.2) is 35.4 Å². The number of pyridine rings is 2. The van der Waals surface area contributed by atoms with E-state index in [1.165, 1.54) is 17.2 Å². The average Bonchev–Trinajstić information content (AvgIpc) is 2.99. The van der Waals surface area contributed by atoms with Gasteiger partial charge in [0.1, 0.15) is 11.5 Å². The number of carbonyl (C=O) groups is 1. The highest BCUT2D eigenvalue weighted by molar-refractivity contribution is 5.79. The van der Waals surface area contributed by atoms with E-state index in [0.29, 0.717) is 35.3 Å². The molecule has 0 aliphatic heterocycles. The molecule has 134 valence electrons. The number of hydrogen-bond acceptors (Lipinski definition) is 3. The lowest BCUT2D eigenvalue weighted by Crippen LogP contribution is -2.23. The molecule has 0 unspecified atom stereocenters. The number of H-pyrrole nitrogens is 1. The third-order valence-electron chi connectivity index (χ3n) is 5.05. The van der Waals surface area contributed by atoms with E-state index >= 15 is 0 Å². The van der Waals surface area contributed by atoms with E-state index in [9.17, 15) is 14.0 Å². The summed E-state index contributed by atoms with van der Waals surface area (Å²) in [6.07, 6.45) is 7.60. The normalized spacial score (nSPS) is 14.3. The van der Waals surface area contributed by atoms with Gasteiger partial charge in [0.05, 0.1) is 23.8 Å². The molecule has 0 spiro atoms. The van der Waals surface area contributed by atoms with Gasteiger partial charge in [-0.1, -0.05) is 19.3 Å². The molecule has 26 heavy (non-hydrogen) atoms. The molecule has 0 saturated heterocycles. The van der Waals surface area contributed by atoms with Crippen LogP contribution in [0.5, 0.6) is 0 Å². The molecule has 7 heteroatoms. The summed E-state index contributed by atoms with van der Waals surface area (Å²) in [5, 5.41) is 2.39. The van der Waals surface area contributed by atoms with Gasteiger partial charge in [-0.25, -0.2) is 4.39 Å². The number of halogens is 1. The number of aromatic amines is 1. The fourth-order valence-corrected chi connectivity index (χ4v) is 3.44. The summed E-state index contributed by atoms with van der Waals surface area (Å²) < 4.78 is 15.8. The minimum absolute atomic E-state index is 0.216. The molecule has 1 aliphatic carbocycles. The Morgan fingerprint density at radius 3 is 3.00 bits per heavy atom. The maximum Gasteiger partial charge on any atom is 0.274 e. The van der Waals surface area contributed by atoms with Crippen LogP contribution < -0.4 is 10.9 Å². The summed E-state index contributed by atoms with van der Waals surface area (Å²) in [5.74, 6) is 0.253. The highest BCUT2D eigenvalue weighted by Crippen LogP contribution is 2.32. The molecule has 1 saturated carbocycles. The van der Waals surface area contributed by atoms with Gasteiger partial charge in [-0.15, -0.1) is 0 Å². The van der Waals surface area contributed by atoms with Gasteiger partial charge in [0.2, 0.25) is 6.41 Å². The van der Waals surface area contributed by atoms with Gasteiger partial charge in [0.15, 0.2) is 0 Å². The number of nitrogens with one attached hydrogen (secondary N) is 2. The maximum absolute atomic E-state index is 14.3. The smallest absolute Gasteiger partial charge is 0.274 e. The average molecular weight is 354 g/mol. The van der Waals surface area contributed by atoms with Gasteiger partial charge >= 0.3 is 0 Å². The molecular formula is C19H19FN4O2. The summed E-state index contributed by atoms with van der Waals surface area (Å²) in [5.41, 5.74) is 2.77. The van der Waals surface area contributed by atoms with Crippen LogP contribution in [0.4, 0.5) is 10.1 Å². The number of anilines is 1. The van der Waals surface area contributed by atoms with E-state index < -0.39 is 0 Å². The predicted molar refractivity (Wildman–Crippen MR) is 96.6 cm³/mol. The van der Waals surface area contributed by atoms with Crippen molar-refractivity contribution in [3.05, 3.63) is 58.0 Å². The summed E-state index contributed by atoms with van der Waals surface area (Å²) in [6.45, 7) is 0.286. The quantitative estimate of drug-likeness (QED) is 0.668. The SMILES string of the molecule is O=CNc1cccn(Cc2cc3ncc(F)c(CC4CCC4)c3[nH]2)c1=O. The van der Waals surface area contributed by atoms with Gasteiger partial charge in [0, 0.05) is 17.5 Å². The lowest BCUT2D eigenvalue weighted by atomic mass is 9.81. The molecule has 3 aromatic heterocycles. The summed E-state index contributed by atoms with van der Waals surface area (Å²) >= 11 is 0. The number of nitrogens with zero attached hydrogens (tertiary/aromatic N) is 2. The number of carbonyl (C=O) groups excluding carboxylic acids is 1. The Balaban J connectivity index is 1.68. The second kappa shape index (κ2) is 6.74. The van der Waals surface area contributed by atoms with Crippen LogP contribution in [-0.2, 0) is 17.8 Å². The molecule has 0 atom stereocenters. The van der Waals surface area contributed by atoms with Gasteiger partial charge in [-0.3, -0.25) is 14.6 Å². The van der Waals surface area contributed by atoms with E-state index in [-0.39, 0.29) is 23.6 Å². The maximum atomic E-state index is 14.3. The van der Waals surface area contributed by atoms with Gasteiger partial charge in [-0.2, -0.15) is 0 Å². The predicted octanol–water partition coefficient (Wildman–Crippen LogP) is 2.82. The lowest BCUT2D eigenvalue weighted by Gasteiger charge is -2.25. The highest BCUT2D eigenvalue weighted by atomic mass is 19.1. The zero-order valence-electron chi connectivity index (χ0n) is 14.2. The van der Waals surface area contributed by atoms with E-state index in [4.69, 9.17) is 0 Å². The van der Waals surface area contributed by atoms with Crippen molar-refractivity contribution in [2.75, 3.05) is 5.32 Å².